The maximum Gasteiger partial charge on any atom is 0.0402 e. The van der Waals surface area contributed by atoms with Gasteiger partial charge >= 0.3 is 0 Å². The van der Waals surface area contributed by atoms with Gasteiger partial charge in [0.25, 0.3) is 0 Å². The van der Waals surface area contributed by atoms with Crippen LogP contribution in [0.5, 0.6) is 0 Å². The molecule has 0 amide bonds. The summed E-state index contributed by atoms with van der Waals surface area (Å²) in [6.45, 7) is 6.57. The number of hydrogen-bond acceptors (Lipinski definition) is 1. The van der Waals surface area contributed by atoms with Crippen molar-refractivity contribution in [2.75, 3.05) is 4.90 Å². The molecule has 0 N–H and O–H groups in total. The number of para-hydroxylation sites is 1. The largest absolute Gasteiger partial charge is 0.363 e. The minimum absolute atomic E-state index is 0.453. The second kappa shape index (κ2) is 3.76. The Hall–Kier alpha value is -0.980. The Morgan fingerprint density at radius 2 is 2.00 bits per heavy atom. The molecule has 0 bridgehead atoms. The third kappa shape index (κ3) is 1.96. The highest BCUT2D eigenvalue weighted by molar-refractivity contribution is 5.57. The van der Waals surface area contributed by atoms with E-state index in [1.165, 1.54) is 0 Å². The van der Waals surface area contributed by atoms with Gasteiger partial charge in [0.15, 0.2) is 0 Å². The summed E-state index contributed by atoms with van der Waals surface area (Å²) in [5.41, 5.74) is -0.460. The molecule has 1 aromatic carbocycles. The number of hydrogen-bond donors (Lipinski definition) is 0. The number of benzene rings is 1. The highest BCUT2D eigenvalue weighted by Gasteiger charge is 2.48. The van der Waals surface area contributed by atoms with Crippen molar-refractivity contribution in [1.29, 1.82) is 0 Å². The van der Waals surface area contributed by atoms with Gasteiger partial charge in [0.2, 0.25) is 0 Å². The van der Waals surface area contributed by atoms with Gasteiger partial charge in [0, 0.05) is 24.1 Å². The van der Waals surface area contributed by atoms with Crippen LogP contribution in [0.15, 0.2) is 24.3 Å². The standard InChI is InChI=1S/C16H25N/c1-12-9-7-8-10-14(12)17-13(2)15(3,4)11-16(17,5)6/h7-10,13H,11H2,1-6H3/t13-/m0/s1/i3D3,11D2/t13-,15?. The first-order chi connectivity index (χ1) is 9.80. The molecule has 1 saturated heterocycles. The molecule has 1 nitrogen and oxygen atoms in total. The molecule has 0 saturated carbocycles. The van der Waals surface area contributed by atoms with Crippen molar-refractivity contribution in [3.63, 3.8) is 0 Å². The van der Waals surface area contributed by atoms with Crippen LogP contribution in [0, 0.1) is 12.3 Å². The van der Waals surface area contributed by atoms with E-state index < -0.39 is 30.2 Å². The van der Waals surface area contributed by atoms with E-state index in [0.29, 0.717) is 0 Å². The smallest absolute Gasteiger partial charge is 0.0402 e. The third-order valence-corrected chi connectivity index (χ3v) is 3.77. The zero-order valence-corrected chi connectivity index (χ0v) is 11.3. The van der Waals surface area contributed by atoms with Crippen LogP contribution in [0.2, 0.25) is 0 Å². The Balaban J connectivity index is 2.72. The van der Waals surface area contributed by atoms with Gasteiger partial charge in [-0.2, -0.15) is 0 Å². The molecule has 1 fully saturated rings. The summed E-state index contributed by atoms with van der Waals surface area (Å²) in [6, 6.07) is 7.30. The van der Waals surface area contributed by atoms with Crippen molar-refractivity contribution >= 4 is 5.69 Å². The average molecular weight is 236 g/mol. The first-order valence-corrected chi connectivity index (χ1v) is 6.15. The molecule has 1 aromatic rings. The number of anilines is 1. The molecule has 1 heteroatoms. The second-order valence-corrected chi connectivity index (χ2v) is 5.72. The molecule has 1 unspecified atom stereocenters. The van der Waals surface area contributed by atoms with E-state index in [4.69, 9.17) is 6.85 Å². The lowest BCUT2D eigenvalue weighted by atomic mass is 9.82. The van der Waals surface area contributed by atoms with Gasteiger partial charge in [-0.25, -0.2) is 0 Å². The predicted octanol–water partition coefficient (Wildman–Crippen LogP) is 4.40. The monoisotopic (exact) mass is 236 g/mol. The van der Waals surface area contributed by atoms with E-state index in [1.54, 1.807) is 20.8 Å². The molecular weight excluding hydrogens is 206 g/mol. The van der Waals surface area contributed by atoms with Gasteiger partial charge in [-0.05, 0) is 51.1 Å². The van der Waals surface area contributed by atoms with E-state index in [-0.39, 0.29) is 0 Å². The van der Waals surface area contributed by atoms with Gasteiger partial charge in [0.05, 0.1) is 0 Å². The minimum Gasteiger partial charge on any atom is -0.363 e. The van der Waals surface area contributed by atoms with E-state index in [9.17, 15) is 0 Å². The summed E-state index contributed by atoms with van der Waals surface area (Å²) in [4.78, 5) is 1.95. The molecule has 0 aliphatic carbocycles. The lowest BCUT2D eigenvalue weighted by Gasteiger charge is -2.38. The highest BCUT2D eigenvalue weighted by Crippen LogP contribution is 2.48. The molecule has 94 valence electrons. The first kappa shape index (κ1) is 7.45. The Labute approximate surface area is 113 Å². The molecular formula is C16H25N. The van der Waals surface area contributed by atoms with Crippen LogP contribution < -0.4 is 4.90 Å². The highest BCUT2D eigenvalue weighted by atomic mass is 15.3. The third-order valence-electron chi connectivity index (χ3n) is 3.77. The van der Waals surface area contributed by atoms with Crippen molar-refractivity contribution in [1.82, 2.24) is 0 Å². The Bertz CT molecular complexity index is 578. The molecule has 2 rings (SSSR count). The fourth-order valence-corrected chi connectivity index (χ4v) is 2.89. The van der Waals surface area contributed by atoms with E-state index in [0.717, 1.165) is 11.3 Å². The van der Waals surface area contributed by atoms with Crippen molar-refractivity contribution in [3.8, 4) is 0 Å². The summed E-state index contributed by atoms with van der Waals surface area (Å²) in [6.07, 6.45) is -1.87. The molecule has 0 aromatic heterocycles. The molecule has 0 radical (unpaired) electrons. The normalized spacial score (nSPS) is 39.9. The van der Waals surface area contributed by atoms with E-state index in [2.05, 4.69) is 0 Å². The van der Waals surface area contributed by atoms with Crippen LogP contribution in [0.25, 0.3) is 0 Å². The van der Waals surface area contributed by atoms with Crippen molar-refractivity contribution in [2.24, 2.45) is 5.41 Å². The lowest BCUT2D eigenvalue weighted by Crippen LogP contribution is -2.43. The fourth-order valence-electron chi connectivity index (χ4n) is 2.89. The zero-order valence-electron chi connectivity index (χ0n) is 16.3. The zero-order chi connectivity index (χ0) is 17.1. The predicted molar refractivity (Wildman–Crippen MR) is 75.6 cm³/mol. The number of rotatable bonds is 1. The quantitative estimate of drug-likeness (QED) is 0.698. The van der Waals surface area contributed by atoms with Gasteiger partial charge in [-0.15, -0.1) is 0 Å². The summed E-state index contributed by atoms with van der Waals surface area (Å²) >= 11 is 0. The van der Waals surface area contributed by atoms with Crippen molar-refractivity contribution < 1.29 is 6.85 Å². The topological polar surface area (TPSA) is 3.24 Å². The van der Waals surface area contributed by atoms with E-state index >= 15 is 0 Å². The first-order valence-electron chi connectivity index (χ1n) is 8.65. The number of nitrogens with zero attached hydrogens (tertiary/aromatic N) is 1. The van der Waals surface area contributed by atoms with Gasteiger partial charge in [0.1, 0.15) is 0 Å². The summed E-state index contributed by atoms with van der Waals surface area (Å²) in [7, 11) is 0. The van der Waals surface area contributed by atoms with Crippen LogP contribution in [-0.2, 0) is 0 Å². The minimum atomic E-state index is -2.38. The second-order valence-electron chi connectivity index (χ2n) is 5.72. The van der Waals surface area contributed by atoms with Crippen molar-refractivity contribution in [3.05, 3.63) is 29.8 Å². The Morgan fingerprint density at radius 3 is 2.53 bits per heavy atom. The van der Waals surface area contributed by atoms with Crippen LogP contribution >= 0.6 is 0 Å². The van der Waals surface area contributed by atoms with Gasteiger partial charge in [-0.3, -0.25) is 0 Å². The maximum atomic E-state index is 8.64. The average Bonchev–Trinajstić information content (AvgIpc) is 2.47. The van der Waals surface area contributed by atoms with Gasteiger partial charge < -0.3 is 4.90 Å². The molecule has 2 atom stereocenters. The van der Waals surface area contributed by atoms with Crippen LogP contribution in [0.4, 0.5) is 5.69 Å². The van der Waals surface area contributed by atoms with Crippen LogP contribution in [0.3, 0.4) is 0 Å². The lowest BCUT2D eigenvalue weighted by molar-refractivity contribution is 0.329. The van der Waals surface area contributed by atoms with E-state index in [1.807, 2.05) is 43.0 Å². The molecule has 0 spiro atoms. The molecule has 1 heterocycles. The molecule has 1 aliphatic rings. The fraction of sp³-hybridized carbons (Fsp3) is 0.625. The van der Waals surface area contributed by atoms with Crippen LogP contribution in [-0.4, -0.2) is 11.6 Å². The summed E-state index contributed by atoms with van der Waals surface area (Å²) in [5, 5.41) is 0. The summed E-state index contributed by atoms with van der Waals surface area (Å²) < 4.78 is 41.2. The molecule has 1 aliphatic heterocycles. The number of aryl methyl sites for hydroxylation is 1. The van der Waals surface area contributed by atoms with Crippen molar-refractivity contribution in [2.45, 2.75) is 59.4 Å². The Morgan fingerprint density at radius 1 is 1.35 bits per heavy atom. The SMILES string of the molecule is [2H]C([2H])([2H])C1(C)[C@H](C)N(c2ccccc2C)C(C)(C)C1([2H])[2H]. The van der Waals surface area contributed by atoms with Crippen LogP contribution in [0.1, 0.15) is 53.3 Å². The summed E-state index contributed by atoms with van der Waals surface area (Å²) in [5.74, 6) is 0. The van der Waals surface area contributed by atoms with Gasteiger partial charge in [-0.1, -0.05) is 32.0 Å². The Kier molecular flexibility index (Phi) is 1.65. The maximum absolute atomic E-state index is 8.64. The molecule has 17 heavy (non-hydrogen) atoms.